The fourth-order valence-electron chi connectivity index (χ4n) is 3.95. The van der Waals surface area contributed by atoms with E-state index in [0.29, 0.717) is 13.2 Å². The van der Waals surface area contributed by atoms with Crippen LogP contribution in [-0.2, 0) is 6.54 Å². The standard InChI is InChI=1S/C24H29FN2O2/c25-23-10-3-2-9-22(23)24(28)27(20-11-12-20)18-19-7-6-8-21(17-19)29-16-15-26-13-4-1-5-14-26/h2-3,6-10,17,20H,1,4-5,11-16,18H2. The van der Waals surface area contributed by atoms with Crippen LogP contribution in [0.5, 0.6) is 5.75 Å². The normalized spacial score (nSPS) is 17.1. The first-order valence-corrected chi connectivity index (χ1v) is 10.7. The number of carbonyl (C=O) groups excluding carboxylic acids is 1. The maximum absolute atomic E-state index is 14.1. The summed E-state index contributed by atoms with van der Waals surface area (Å²) in [5.74, 6) is 0.133. The van der Waals surface area contributed by atoms with Crippen LogP contribution in [0.3, 0.4) is 0 Å². The molecule has 1 amide bonds. The van der Waals surface area contributed by atoms with Crippen molar-refractivity contribution in [1.82, 2.24) is 9.80 Å². The molecule has 1 saturated heterocycles. The molecular formula is C24H29FN2O2. The van der Waals surface area contributed by atoms with Crippen molar-refractivity contribution in [3.05, 3.63) is 65.5 Å². The molecule has 0 unspecified atom stereocenters. The molecule has 1 aliphatic carbocycles. The van der Waals surface area contributed by atoms with Gasteiger partial charge in [-0.05, 0) is 68.6 Å². The van der Waals surface area contributed by atoms with Gasteiger partial charge in [-0.1, -0.05) is 30.7 Å². The zero-order valence-electron chi connectivity index (χ0n) is 16.9. The molecule has 154 valence electrons. The first-order valence-electron chi connectivity index (χ1n) is 10.7. The van der Waals surface area contributed by atoms with E-state index in [2.05, 4.69) is 4.90 Å². The highest BCUT2D eigenvalue weighted by molar-refractivity contribution is 5.94. The maximum atomic E-state index is 14.1. The van der Waals surface area contributed by atoms with Crippen LogP contribution < -0.4 is 4.74 Å². The van der Waals surface area contributed by atoms with E-state index in [9.17, 15) is 9.18 Å². The molecule has 1 heterocycles. The average Bonchev–Trinajstić information content (AvgIpc) is 3.58. The number of ether oxygens (including phenoxy) is 1. The summed E-state index contributed by atoms with van der Waals surface area (Å²) >= 11 is 0. The Kier molecular flexibility index (Phi) is 6.45. The van der Waals surface area contributed by atoms with E-state index in [1.165, 1.54) is 25.3 Å². The van der Waals surface area contributed by atoms with Crippen molar-refractivity contribution in [3.8, 4) is 5.75 Å². The summed E-state index contributed by atoms with van der Waals surface area (Å²) in [7, 11) is 0. The minimum atomic E-state index is -0.460. The van der Waals surface area contributed by atoms with Gasteiger partial charge in [-0.2, -0.15) is 0 Å². The topological polar surface area (TPSA) is 32.8 Å². The molecule has 2 aromatic carbocycles. The second-order valence-corrected chi connectivity index (χ2v) is 8.04. The number of hydrogen-bond acceptors (Lipinski definition) is 3. The molecule has 0 N–H and O–H groups in total. The first kappa shape index (κ1) is 19.9. The summed E-state index contributed by atoms with van der Waals surface area (Å²) in [5.41, 5.74) is 1.16. The molecule has 0 aromatic heterocycles. The number of amides is 1. The van der Waals surface area contributed by atoms with Crippen LogP contribution in [0.4, 0.5) is 4.39 Å². The molecule has 5 heteroatoms. The summed E-state index contributed by atoms with van der Waals surface area (Å²) in [6.45, 7) is 4.42. The van der Waals surface area contributed by atoms with E-state index in [4.69, 9.17) is 4.74 Å². The Bertz CT molecular complexity index is 831. The minimum Gasteiger partial charge on any atom is -0.492 e. The predicted octanol–water partition coefficient (Wildman–Crippen LogP) is 4.50. The highest BCUT2D eigenvalue weighted by Crippen LogP contribution is 2.30. The number of nitrogens with zero attached hydrogens (tertiary/aromatic N) is 2. The Balaban J connectivity index is 1.38. The highest BCUT2D eigenvalue weighted by Gasteiger charge is 2.34. The van der Waals surface area contributed by atoms with Crippen LogP contribution in [0, 0.1) is 5.82 Å². The lowest BCUT2D eigenvalue weighted by molar-refractivity contribution is 0.0725. The third-order valence-corrected chi connectivity index (χ3v) is 5.73. The quantitative estimate of drug-likeness (QED) is 0.659. The molecule has 2 aliphatic rings. The number of likely N-dealkylation sites (tertiary alicyclic amines) is 1. The molecular weight excluding hydrogens is 367 g/mol. The number of benzene rings is 2. The van der Waals surface area contributed by atoms with Crippen LogP contribution >= 0.6 is 0 Å². The number of piperidine rings is 1. The van der Waals surface area contributed by atoms with Gasteiger partial charge in [0.1, 0.15) is 18.2 Å². The zero-order chi connectivity index (χ0) is 20.1. The van der Waals surface area contributed by atoms with Gasteiger partial charge in [0.05, 0.1) is 5.56 Å². The van der Waals surface area contributed by atoms with Crippen molar-refractivity contribution in [1.29, 1.82) is 0 Å². The Labute approximate surface area is 172 Å². The second kappa shape index (κ2) is 9.40. The largest absolute Gasteiger partial charge is 0.492 e. The second-order valence-electron chi connectivity index (χ2n) is 8.04. The third kappa shape index (κ3) is 5.36. The summed E-state index contributed by atoms with van der Waals surface area (Å²) in [6.07, 6.45) is 5.85. The average molecular weight is 397 g/mol. The minimum absolute atomic E-state index is 0.147. The zero-order valence-corrected chi connectivity index (χ0v) is 16.9. The molecule has 0 spiro atoms. The predicted molar refractivity (Wildman–Crippen MR) is 112 cm³/mol. The monoisotopic (exact) mass is 396 g/mol. The van der Waals surface area contributed by atoms with E-state index in [0.717, 1.165) is 43.8 Å². The maximum Gasteiger partial charge on any atom is 0.257 e. The van der Waals surface area contributed by atoms with Gasteiger partial charge < -0.3 is 9.64 Å². The molecule has 0 bridgehead atoms. The van der Waals surface area contributed by atoms with Gasteiger partial charge >= 0.3 is 0 Å². The molecule has 1 aliphatic heterocycles. The SMILES string of the molecule is O=C(c1ccccc1F)N(Cc1cccc(OCCN2CCCCC2)c1)C1CC1. The molecule has 1 saturated carbocycles. The number of halogens is 1. The van der Waals surface area contributed by atoms with Gasteiger partial charge in [-0.15, -0.1) is 0 Å². The lowest BCUT2D eigenvalue weighted by Gasteiger charge is -2.26. The van der Waals surface area contributed by atoms with Crippen LogP contribution in [0.25, 0.3) is 0 Å². The van der Waals surface area contributed by atoms with Crippen LogP contribution in [0.1, 0.15) is 48.0 Å². The van der Waals surface area contributed by atoms with E-state index in [-0.39, 0.29) is 17.5 Å². The Hall–Kier alpha value is -2.40. The van der Waals surface area contributed by atoms with E-state index >= 15 is 0 Å². The van der Waals surface area contributed by atoms with E-state index in [1.807, 2.05) is 24.3 Å². The Morgan fingerprint density at radius 3 is 2.62 bits per heavy atom. The van der Waals surface area contributed by atoms with Gasteiger partial charge in [0.15, 0.2) is 0 Å². The van der Waals surface area contributed by atoms with Gasteiger partial charge in [-0.25, -0.2) is 4.39 Å². The molecule has 4 nitrogen and oxygen atoms in total. The Morgan fingerprint density at radius 2 is 1.86 bits per heavy atom. The van der Waals surface area contributed by atoms with Crippen molar-refractivity contribution in [2.45, 2.75) is 44.7 Å². The van der Waals surface area contributed by atoms with Gasteiger partial charge in [0, 0.05) is 19.1 Å². The van der Waals surface area contributed by atoms with Crippen LogP contribution in [0.15, 0.2) is 48.5 Å². The molecule has 4 rings (SSSR count). The third-order valence-electron chi connectivity index (χ3n) is 5.73. The molecule has 0 atom stereocenters. The molecule has 0 radical (unpaired) electrons. The fourth-order valence-corrected chi connectivity index (χ4v) is 3.95. The molecule has 29 heavy (non-hydrogen) atoms. The smallest absolute Gasteiger partial charge is 0.257 e. The first-order chi connectivity index (χ1) is 14.2. The van der Waals surface area contributed by atoms with E-state index in [1.54, 1.807) is 23.1 Å². The van der Waals surface area contributed by atoms with Crippen molar-refractivity contribution in [2.75, 3.05) is 26.2 Å². The lowest BCUT2D eigenvalue weighted by atomic mass is 10.1. The summed E-state index contributed by atoms with van der Waals surface area (Å²) < 4.78 is 20.1. The number of carbonyl (C=O) groups is 1. The summed E-state index contributed by atoms with van der Waals surface area (Å²) in [5, 5.41) is 0. The number of hydrogen-bond donors (Lipinski definition) is 0. The van der Waals surface area contributed by atoms with Gasteiger partial charge in [0.2, 0.25) is 0 Å². The van der Waals surface area contributed by atoms with Crippen LogP contribution in [0.2, 0.25) is 0 Å². The molecule has 2 fully saturated rings. The Morgan fingerprint density at radius 1 is 1.07 bits per heavy atom. The van der Waals surface area contributed by atoms with Crippen molar-refractivity contribution in [2.24, 2.45) is 0 Å². The summed E-state index contributed by atoms with van der Waals surface area (Å²) in [4.78, 5) is 17.2. The van der Waals surface area contributed by atoms with Gasteiger partial charge in [-0.3, -0.25) is 9.69 Å². The lowest BCUT2D eigenvalue weighted by Crippen LogP contribution is -2.33. The van der Waals surface area contributed by atoms with Crippen molar-refractivity contribution in [3.63, 3.8) is 0 Å². The van der Waals surface area contributed by atoms with Crippen LogP contribution in [-0.4, -0.2) is 48.0 Å². The van der Waals surface area contributed by atoms with E-state index < -0.39 is 5.82 Å². The van der Waals surface area contributed by atoms with Gasteiger partial charge in [0.25, 0.3) is 5.91 Å². The highest BCUT2D eigenvalue weighted by atomic mass is 19.1. The summed E-state index contributed by atoms with van der Waals surface area (Å²) in [6, 6.07) is 14.3. The van der Waals surface area contributed by atoms with Crippen molar-refractivity contribution >= 4 is 5.91 Å². The molecule has 2 aromatic rings. The number of rotatable bonds is 8. The fraction of sp³-hybridized carbons (Fsp3) is 0.458. The van der Waals surface area contributed by atoms with Crippen molar-refractivity contribution < 1.29 is 13.9 Å².